The number of ether oxygens (including phenoxy) is 2. The zero-order valence-corrected chi connectivity index (χ0v) is 25.8. The van der Waals surface area contributed by atoms with E-state index < -0.39 is 0 Å². The predicted octanol–water partition coefficient (Wildman–Crippen LogP) is 6.18. The van der Waals surface area contributed by atoms with Gasteiger partial charge in [0.05, 0.1) is 5.69 Å². The van der Waals surface area contributed by atoms with Crippen LogP contribution in [0.15, 0.2) is 82.9 Å². The molecule has 3 aromatic carbocycles. The molecule has 7 heteroatoms. The van der Waals surface area contributed by atoms with Gasteiger partial charge in [-0.25, -0.2) is 9.98 Å². The maximum absolute atomic E-state index is 6.02. The summed E-state index contributed by atoms with van der Waals surface area (Å²) < 4.78 is 11.3. The second-order valence-electron chi connectivity index (χ2n) is 13.2. The molecule has 2 unspecified atom stereocenters. The number of nitrogens with zero attached hydrogens (tertiary/aromatic N) is 3. The second-order valence-corrected chi connectivity index (χ2v) is 13.2. The van der Waals surface area contributed by atoms with Crippen molar-refractivity contribution in [3.8, 4) is 33.5 Å². The molecule has 2 spiro atoms. The summed E-state index contributed by atoms with van der Waals surface area (Å²) in [5.74, 6) is 0. The van der Waals surface area contributed by atoms with Crippen LogP contribution < -0.4 is 11.5 Å². The highest BCUT2D eigenvalue weighted by Gasteiger charge is 2.42. The van der Waals surface area contributed by atoms with Crippen molar-refractivity contribution in [1.82, 2.24) is 4.98 Å². The van der Waals surface area contributed by atoms with Crippen LogP contribution in [0, 0.1) is 0 Å². The standard InChI is InChI=1S/C38H39N5O2/c1-2-4-24-7-9-26(10-8-24)29-12-13-31(30-16-18-38(20-33(29)30)23-45-36(40)43-38)34-14-11-27(21-41-34)28-6-3-5-25-15-17-37(19-32(25)28)22-44-35(39)42-37/h3,5-14,21H,2,4,15-20,22-23H2,1H3,(H2,39,42)(H2,40,43). The maximum atomic E-state index is 6.02. The Hall–Kier alpha value is -4.65. The Kier molecular flexibility index (Phi) is 6.66. The molecule has 0 radical (unpaired) electrons. The van der Waals surface area contributed by atoms with E-state index in [4.69, 9.17) is 35.9 Å². The molecule has 0 bridgehead atoms. The van der Waals surface area contributed by atoms with Gasteiger partial charge in [0, 0.05) is 30.2 Å². The first-order valence-electron chi connectivity index (χ1n) is 16.2. The molecular formula is C38H39N5O2. The van der Waals surface area contributed by atoms with Crippen LogP contribution in [-0.4, -0.2) is 41.3 Å². The summed E-state index contributed by atoms with van der Waals surface area (Å²) in [5.41, 5.74) is 25.2. The van der Waals surface area contributed by atoms with E-state index in [9.17, 15) is 0 Å². The van der Waals surface area contributed by atoms with E-state index in [-0.39, 0.29) is 11.1 Å². The molecule has 228 valence electrons. The first-order valence-corrected chi connectivity index (χ1v) is 16.2. The Bertz CT molecular complexity index is 1850. The third-order valence-electron chi connectivity index (χ3n) is 10.2. The van der Waals surface area contributed by atoms with Crippen molar-refractivity contribution in [2.75, 3.05) is 13.2 Å². The first kappa shape index (κ1) is 27.9. The van der Waals surface area contributed by atoms with Gasteiger partial charge in [0.2, 0.25) is 0 Å². The first-order chi connectivity index (χ1) is 21.9. The van der Waals surface area contributed by atoms with Crippen molar-refractivity contribution < 1.29 is 9.47 Å². The van der Waals surface area contributed by atoms with Crippen molar-refractivity contribution in [1.29, 1.82) is 0 Å². The van der Waals surface area contributed by atoms with Crippen molar-refractivity contribution in [3.63, 3.8) is 0 Å². The Labute approximate surface area is 264 Å². The van der Waals surface area contributed by atoms with Gasteiger partial charge in [-0.3, -0.25) is 4.98 Å². The Morgan fingerprint density at radius 2 is 1.36 bits per heavy atom. The Balaban J connectivity index is 1.16. The van der Waals surface area contributed by atoms with Crippen LogP contribution in [0.4, 0.5) is 0 Å². The van der Waals surface area contributed by atoms with Gasteiger partial charge in [0.1, 0.15) is 24.3 Å². The monoisotopic (exact) mass is 597 g/mol. The molecule has 2 atom stereocenters. The summed E-state index contributed by atoms with van der Waals surface area (Å²) in [4.78, 5) is 14.6. The molecule has 0 saturated carbocycles. The van der Waals surface area contributed by atoms with E-state index in [1.54, 1.807) is 0 Å². The average molecular weight is 598 g/mol. The van der Waals surface area contributed by atoms with E-state index in [0.717, 1.165) is 62.6 Å². The number of pyridine rings is 1. The fourth-order valence-corrected chi connectivity index (χ4v) is 7.90. The van der Waals surface area contributed by atoms with Gasteiger partial charge in [0.25, 0.3) is 12.0 Å². The smallest absolute Gasteiger partial charge is 0.282 e. The molecule has 0 amide bonds. The fraction of sp³-hybridized carbons (Fsp3) is 0.342. The Morgan fingerprint density at radius 3 is 2.02 bits per heavy atom. The topological polar surface area (TPSA) is 108 Å². The van der Waals surface area contributed by atoms with Crippen LogP contribution in [0.2, 0.25) is 0 Å². The number of amidine groups is 2. The molecule has 4 aliphatic rings. The third kappa shape index (κ3) is 4.95. The minimum Gasteiger partial charge on any atom is -0.463 e. The van der Waals surface area contributed by atoms with Crippen molar-refractivity contribution in [2.45, 2.75) is 69.4 Å². The Morgan fingerprint density at radius 1 is 0.689 bits per heavy atom. The number of rotatable bonds is 5. The van der Waals surface area contributed by atoms with Gasteiger partial charge in [0.15, 0.2) is 0 Å². The molecule has 2 aliphatic heterocycles. The summed E-state index contributed by atoms with van der Waals surface area (Å²) in [7, 11) is 0. The van der Waals surface area contributed by atoms with Crippen LogP contribution >= 0.6 is 0 Å². The molecule has 4 N–H and O–H groups in total. The molecule has 0 fully saturated rings. The van der Waals surface area contributed by atoms with E-state index in [1.165, 1.54) is 50.1 Å². The number of hydrogen-bond acceptors (Lipinski definition) is 7. The van der Waals surface area contributed by atoms with E-state index in [1.807, 2.05) is 6.20 Å². The number of aromatic nitrogens is 1. The zero-order chi connectivity index (χ0) is 30.6. The van der Waals surface area contributed by atoms with Crippen LogP contribution in [0.1, 0.15) is 54.0 Å². The molecule has 3 heterocycles. The van der Waals surface area contributed by atoms with Crippen molar-refractivity contribution >= 4 is 12.0 Å². The molecule has 4 aromatic rings. The summed E-state index contributed by atoms with van der Waals surface area (Å²) in [6.45, 7) is 3.31. The van der Waals surface area contributed by atoms with Gasteiger partial charge >= 0.3 is 0 Å². The molecule has 0 saturated heterocycles. The van der Waals surface area contributed by atoms with Gasteiger partial charge in [-0.05, 0) is 82.7 Å². The average Bonchev–Trinajstić information content (AvgIpc) is 3.61. The number of nitrogens with two attached hydrogens (primary N) is 2. The fourth-order valence-electron chi connectivity index (χ4n) is 7.90. The minimum atomic E-state index is -0.299. The highest BCUT2D eigenvalue weighted by molar-refractivity contribution is 5.80. The molecule has 8 rings (SSSR count). The van der Waals surface area contributed by atoms with Crippen LogP contribution in [0.3, 0.4) is 0 Å². The summed E-state index contributed by atoms with van der Waals surface area (Å²) in [6.07, 6.45) is 9.62. The lowest BCUT2D eigenvalue weighted by molar-refractivity contribution is 0.235. The van der Waals surface area contributed by atoms with E-state index >= 15 is 0 Å². The van der Waals surface area contributed by atoms with Gasteiger partial charge < -0.3 is 20.9 Å². The summed E-state index contributed by atoms with van der Waals surface area (Å²) >= 11 is 0. The second kappa shape index (κ2) is 10.8. The third-order valence-corrected chi connectivity index (χ3v) is 10.2. The highest BCUT2D eigenvalue weighted by Crippen LogP contribution is 2.44. The van der Waals surface area contributed by atoms with E-state index in [2.05, 4.69) is 73.7 Å². The van der Waals surface area contributed by atoms with Crippen LogP contribution in [-0.2, 0) is 41.6 Å². The minimum absolute atomic E-state index is 0.256. The van der Waals surface area contributed by atoms with Crippen molar-refractivity contribution in [3.05, 3.63) is 101 Å². The normalized spacial score (nSPS) is 23.2. The van der Waals surface area contributed by atoms with Crippen LogP contribution in [0.5, 0.6) is 0 Å². The van der Waals surface area contributed by atoms with E-state index in [0.29, 0.717) is 25.3 Å². The largest absolute Gasteiger partial charge is 0.463 e. The summed E-state index contributed by atoms with van der Waals surface area (Å²) in [6, 6.07) is 25.2. The lowest BCUT2D eigenvalue weighted by Crippen LogP contribution is -2.36. The maximum Gasteiger partial charge on any atom is 0.282 e. The zero-order valence-electron chi connectivity index (χ0n) is 25.8. The van der Waals surface area contributed by atoms with Crippen molar-refractivity contribution in [2.24, 2.45) is 21.5 Å². The number of aryl methyl sites for hydroxylation is 2. The molecular weight excluding hydrogens is 558 g/mol. The summed E-state index contributed by atoms with van der Waals surface area (Å²) in [5, 5.41) is 0. The lowest BCUT2D eigenvalue weighted by Gasteiger charge is -2.33. The molecule has 2 aliphatic carbocycles. The van der Waals surface area contributed by atoms with Crippen LogP contribution in [0.25, 0.3) is 33.5 Å². The molecule has 7 nitrogen and oxygen atoms in total. The van der Waals surface area contributed by atoms with Gasteiger partial charge in [-0.1, -0.05) is 74.0 Å². The van der Waals surface area contributed by atoms with Gasteiger partial charge in [-0.15, -0.1) is 0 Å². The molecule has 1 aromatic heterocycles. The number of benzene rings is 3. The quantitative estimate of drug-likeness (QED) is 0.286. The highest BCUT2D eigenvalue weighted by atomic mass is 16.5. The SMILES string of the molecule is CCCc1ccc(-c2ccc(-c3ccc(-c4cccc5c4CC4(CC5)COC(N)=N4)cn3)c3c2CC2(CC3)COC(N)=N2)cc1. The number of aliphatic imine (C=N–C) groups is 2. The predicted molar refractivity (Wildman–Crippen MR) is 179 cm³/mol. The lowest BCUT2D eigenvalue weighted by atomic mass is 9.74. The van der Waals surface area contributed by atoms with Gasteiger partial charge in [-0.2, -0.15) is 0 Å². The number of fused-ring (bicyclic) bond motifs is 2. The molecule has 45 heavy (non-hydrogen) atoms. The number of hydrogen-bond donors (Lipinski definition) is 2.